The zero-order valence-corrected chi connectivity index (χ0v) is 20.2. The van der Waals surface area contributed by atoms with Gasteiger partial charge in [0, 0.05) is 5.92 Å². The van der Waals surface area contributed by atoms with Crippen LogP contribution in [0.25, 0.3) is 0 Å². The van der Waals surface area contributed by atoms with E-state index in [9.17, 15) is 4.79 Å². The molecule has 0 N–H and O–H groups in total. The molecule has 0 spiro atoms. The second-order valence-corrected chi connectivity index (χ2v) is 9.68. The standard InChI is InChI=1S/C28H30O7/c1-30-23-10-18(11-24(31-2)27(23)32-13-16-6-4-3-5-7-16)25-20-12-22-21(34-15-35-22)9-17(20)8-19-14-33-28(29)26(19)25/h9-12,16,25H,3-8,13-15H2,1-2H3/t25-/m0/s1. The molecule has 6 rings (SSSR count). The Kier molecular flexibility index (Phi) is 5.71. The van der Waals surface area contributed by atoms with Gasteiger partial charge < -0.3 is 28.4 Å². The summed E-state index contributed by atoms with van der Waals surface area (Å²) in [5.74, 6) is 3.17. The van der Waals surface area contributed by atoms with Crippen LogP contribution < -0.4 is 23.7 Å². The van der Waals surface area contributed by atoms with Crippen molar-refractivity contribution in [3.05, 3.63) is 52.1 Å². The van der Waals surface area contributed by atoms with Crippen molar-refractivity contribution in [1.82, 2.24) is 0 Å². The van der Waals surface area contributed by atoms with Crippen LogP contribution in [0.1, 0.15) is 54.7 Å². The maximum Gasteiger partial charge on any atom is 0.335 e. The summed E-state index contributed by atoms with van der Waals surface area (Å²) >= 11 is 0. The molecule has 0 saturated heterocycles. The first-order valence-corrected chi connectivity index (χ1v) is 12.4. The van der Waals surface area contributed by atoms with Crippen LogP contribution in [0.4, 0.5) is 0 Å². The number of benzene rings is 2. The molecule has 35 heavy (non-hydrogen) atoms. The Balaban J connectivity index is 1.42. The van der Waals surface area contributed by atoms with E-state index < -0.39 is 0 Å². The molecule has 1 saturated carbocycles. The van der Waals surface area contributed by atoms with Crippen LogP contribution in [0.2, 0.25) is 0 Å². The Labute approximate surface area is 204 Å². The Morgan fingerprint density at radius 3 is 2.34 bits per heavy atom. The van der Waals surface area contributed by atoms with Gasteiger partial charge in [0.1, 0.15) is 6.61 Å². The smallest absolute Gasteiger partial charge is 0.335 e. The molecule has 7 heteroatoms. The normalized spacial score (nSPS) is 20.9. The fraction of sp³-hybridized carbons (Fsp3) is 0.464. The maximum atomic E-state index is 12.9. The predicted molar refractivity (Wildman–Crippen MR) is 128 cm³/mol. The Morgan fingerprint density at radius 1 is 0.914 bits per heavy atom. The molecule has 7 nitrogen and oxygen atoms in total. The lowest BCUT2D eigenvalue weighted by Crippen LogP contribution is -2.19. The molecule has 0 amide bonds. The molecule has 2 aliphatic carbocycles. The lowest BCUT2D eigenvalue weighted by atomic mass is 9.75. The second kappa shape index (κ2) is 9.02. The van der Waals surface area contributed by atoms with Gasteiger partial charge in [0.25, 0.3) is 0 Å². The third-order valence-corrected chi connectivity index (χ3v) is 7.62. The number of fused-ring (bicyclic) bond motifs is 2. The van der Waals surface area contributed by atoms with Crippen LogP contribution in [0.15, 0.2) is 35.4 Å². The van der Waals surface area contributed by atoms with Gasteiger partial charge in [-0.15, -0.1) is 0 Å². The number of hydrogen-bond acceptors (Lipinski definition) is 7. The third kappa shape index (κ3) is 3.87. The summed E-state index contributed by atoms with van der Waals surface area (Å²) in [4.78, 5) is 12.9. The second-order valence-electron chi connectivity index (χ2n) is 9.68. The molecule has 0 aromatic heterocycles. The van der Waals surface area contributed by atoms with Crippen molar-refractivity contribution < 1.29 is 33.2 Å². The molecule has 2 aromatic rings. The average Bonchev–Trinajstić information content (AvgIpc) is 3.50. The molecule has 1 atom stereocenters. The van der Waals surface area contributed by atoms with E-state index in [0.717, 1.165) is 28.0 Å². The highest BCUT2D eigenvalue weighted by atomic mass is 16.7. The minimum atomic E-state index is -0.326. The summed E-state index contributed by atoms with van der Waals surface area (Å²) in [6.07, 6.45) is 6.86. The van der Waals surface area contributed by atoms with Crippen molar-refractivity contribution in [3.8, 4) is 28.7 Å². The Morgan fingerprint density at radius 2 is 1.63 bits per heavy atom. The molecular formula is C28H30O7. The van der Waals surface area contributed by atoms with E-state index in [-0.39, 0.29) is 18.7 Å². The number of carbonyl (C=O) groups is 1. The van der Waals surface area contributed by atoms with E-state index in [2.05, 4.69) is 0 Å². The topological polar surface area (TPSA) is 72.5 Å². The monoisotopic (exact) mass is 478 g/mol. The Bertz CT molecular complexity index is 1170. The minimum absolute atomic E-state index is 0.201. The van der Waals surface area contributed by atoms with Gasteiger partial charge in [-0.1, -0.05) is 19.3 Å². The van der Waals surface area contributed by atoms with Gasteiger partial charge >= 0.3 is 5.97 Å². The van der Waals surface area contributed by atoms with Gasteiger partial charge in [-0.2, -0.15) is 0 Å². The van der Waals surface area contributed by atoms with E-state index in [1.54, 1.807) is 14.2 Å². The molecule has 2 aromatic carbocycles. The van der Waals surface area contributed by atoms with E-state index in [1.807, 2.05) is 24.3 Å². The van der Waals surface area contributed by atoms with Crippen LogP contribution in [0, 0.1) is 5.92 Å². The van der Waals surface area contributed by atoms with Crippen molar-refractivity contribution in [2.75, 3.05) is 34.2 Å². The van der Waals surface area contributed by atoms with Crippen LogP contribution in [-0.4, -0.2) is 40.2 Å². The molecule has 0 radical (unpaired) electrons. The van der Waals surface area contributed by atoms with Crippen molar-refractivity contribution in [1.29, 1.82) is 0 Å². The zero-order chi connectivity index (χ0) is 23.9. The molecule has 2 aliphatic heterocycles. The molecule has 0 unspecified atom stereocenters. The van der Waals surface area contributed by atoms with E-state index in [4.69, 9.17) is 28.4 Å². The minimum Gasteiger partial charge on any atom is -0.493 e. The van der Waals surface area contributed by atoms with Gasteiger partial charge in [-0.05, 0) is 71.7 Å². The average molecular weight is 479 g/mol. The number of hydrogen-bond donors (Lipinski definition) is 0. The van der Waals surface area contributed by atoms with Crippen molar-refractivity contribution in [2.45, 2.75) is 44.4 Å². The lowest BCUT2D eigenvalue weighted by Gasteiger charge is -2.28. The van der Waals surface area contributed by atoms with Gasteiger partial charge in [0.15, 0.2) is 23.0 Å². The van der Waals surface area contributed by atoms with Gasteiger partial charge in [0.2, 0.25) is 12.5 Å². The quantitative estimate of drug-likeness (QED) is 0.545. The molecule has 0 bridgehead atoms. The number of carbonyl (C=O) groups excluding carboxylic acids is 1. The fourth-order valence-electron chi connectivity index (χ4n) is 5.84. The maximum absolute atomic E-state index is 12.9. The zero-order valence-electron chi connectivity index (χ0n) is 20.2. The van der Waals surface area contributed by atoms with Crippen LogP contribution in [0.3, 0.4) is 0 Å². The summed E-state index contributed by atoms with van der Waals surface area (Å²) in [6, 6.07) is 7.93. The van der Waals surface area contributed by atoms with Gasteiger partial charge in [-0.3, -0.25) is 0 Å². The summed E-state index contributed by atoms with van der Waals surface area (Å²) in [5.41, 5.74) is 4.69. The van der Waals surface area contributed by atoms with E-state index in [1.165, 1.54) is 32.1 Å². The molecular weight excluding hydrogens is 448 g/mol. The highest BCUT2D eigenvalue weighted by Crippen LogP contribution is 2.50. The predicted octanol–water partition coefficient (Wildman–Crippen LogP) is 4.93. The van der Waals surface area contributed by atoms with Crippen LogP contribution in [0.5, 0.6) is 28.7 Å². The largest absolute Gasteiger partial charge is 0.493 e. The van der Waals surface area contributed by atoms with Gasteiger partial charge in [0.05, 0.1) is 26.4 Å². The number of cyclic esters (lactones) is 1. The third-order valence-electron chi connectivity index (χ3n) is 7.62. The van der Waals surface area contributed by atoms with Crippen molar-refractivity contribution in [2.24, 2.45) is 5.92 Å². The first-order valence-electron chi connectivity index (χ1n) is 12.4. The number of rotatable bonds is 6. The highest BCUT2D eigenvalue weighted by molar-refractivity contribution is 5.95. The summed E-state index contributed by atoms with van der Waals surface area (Å²) in [5, 5.41) is 0. The molecule has 184 valence electrons. The van der Waals surface area contributed by atoms with Crippen LogP contribution in [-0.2, 0) is 16.0 Å². The van der Waals surface area contributed by atoms with Crippen molar-refractivity contribution in [3.63, 3.8) is 0 Å². The van der Waals surface area contributed by atoms with E-state index >= 15 is 0 Å². The van der Waals surface area contributed by atoms with E-state index in [0.29, 0.717) is 54.1 Å². The highest BCUT2D eigenvalue weighted by Gasteiger charge is 2.40. The lowest BCUT2D eigenvalue weighted by molar-refractivity contribution is -0.136. The molecule has 2 heterocycles. The molecule has 1 fully saturated rings. The Hall–Kier alpha value is -3.35. The first-order chi connectivity index (χ1) is 17.2. The summed E-state index contributed by atoms with van der Waals surface area (Å²) in [7, 11) is 3.26. The molecule has 4 aliphatic rings. The number of ether oxygens (including phenoxy) is 6. The number of methoxy groups -OCH3 is 2. The number of esters is 1. The SMILES string of the molecule is COc1cc([C@@H]2C3=C(COC3=O)Cc3cc4c(cc32)OCO4)cc(OC)c1OCC1CCCCC1. The van der Waals surface area contributed by atoms with Crippen LogP contribution >= 0.6 is 0 Å². The summed E-state index contributed by atoms with van der Waals surface area (Å²) < 4.78 is 34.6. The summed E-state index contributed by atoms with van der Waals surface area (Å²) in [6.45, 7) is 1.16. The van der Waals surface area contributed by atoms with Gasteiger partial charge in [-0.25, -0.2) is 4.79 Å². The van der Waals surface area contributed by atoms with Crippen molar-refractivity contribution >= 4 is 5.97 Å². The first kappa shape index (κ1) is 22.1. The fourth-order valence-corrected chi connectivity index (χ4v) is 5.84.